The lowest BCUT2D eigenvalue weighted by Gasteiger charge is -2.11. The van der Waals surface area contributed by atoms with Crippen LogP contribution in [0.3, 0.4) is 0 Å². The van der Waals surface area contributed by atoms with Crippen molar-refractivity contribution in [2.75, 3.05) is 13.2 Å². The first-order valence-corrected chi connectivity index (χ1v) is 5.60. The first-order chi connectivity index (χ1) is 6.84. The Bertz CT molecular complexity index is 309. The fourth-order valence-corrected chi connectivity index (χ4v) is 1.91. The molecule has 3 nitrogen and oxygen atoms in total. The minimum atomic E-state index is 0. The van der Waals surface area contributed by atoms with Gasteiger partial charge in [-0.3, -0.25) is 4.98 Å². The molecule has 6 heteroatoms. The average Bonchev–Trinajstić information content (AvgIpc) is 2.67. The summed E-state index contributed by atoms with van der Waals surface area (Å²) in [4.78, 5) is 4.04. The van der Waals surface area contributed by atoms with Crippen molar-refractivity contribution in [3.63, 3.8) is 0 Å². The molecule has 0 aromatic carbocycles. The lowest BCUT2D eigenvalue weighted by atomic mass is 10.2. The molecule has 0 radical (unpaired) electrons. The predicted octanol–water partition coefficient (Wildman–Crippen LogP) is 2.82. The smallest absolute Gasteiger partial charge is 0.138 e. The zero-order chi connectivity index (χ0) is 9.80. The first-order valence-electron chi connectivity index (χ1n) is 4.81. The standard InChI is InChI=1S/C10H13BrN2O.2ClH/c11-8-4-10(6-12-5-8)14-7-9-2-1-3-13-9;;/h4-6,9,13H,1-3,7H2;2*1H/t9-;;/m0../s1. The number of halogens is 3. The van der Waals surface area contributed by atoms with E-state index in [-0.39, 0.29) is 24.8 Å². The third kappa shape index (κ3) is 4.87. The van der Waals surface area contributed by atoms with Crippen molar-refractivity contribution in [3.8, 4) is 5.75 Å². The molecule has 1 atom stereocenters. The highest BCUT2D eigenvalue weighted by molar-refractivity contribution is 9.10. The molecule has 92 valence electrons. The summed E-state index contributed by atoms with van der Waals surface area (Å²) in [6.45, 7) is 1.85. The number of ether oxygens (including phenoxy) is 1. The van der Waals surface area contributed by atoms with E-state index in [2.05, 4.69) is 26.2 Å². The van der Waals surface area contributed by atoms with Gasteiger partial charge < -0.3 is 10.1 Å². The molecule has 16 heavy (non-hydrogen) atoms. The fourth-order valence-electron chi connectivity index (χ4n) is 1.57. The van der Waals surface area contributed by atoms with Gasteiger partial charge in [0.1, 0.15) is 12.4 Å². The van der Waals surface area contributed by atoms with E-state index in [4.69, 9.17) is 4.74 Å². The topological polar surface area (TPSA) is 34.1 Å². The quantitative estimate of drug-likeness (QED) is 0.926. The summed E-state index contributed by atoms with van der Waals surface area (Å²) in [5.74, 6) is 0.827. The Labute approximate surface area is 116 Å². The molecule has 0 aliphatic carbocycles. The highest BCUT2D eigenvalue weighted by Gasteiger charge is 2.14. The molecule has 1 aromatic heterocycles. The van der Waals surface area contributed by atoms with Crippen LogP contribution < -0.4 is 10.1 Å². The third-order valence-corrected chi connectivity index (χ3v) is 2.73. The van der Waals surface area contributed by atoms with Crippen molar-refractivity contribution in [1.29, 1.82) is 0 Å². The maximum Gasteiger partial charge on any atom is 0.138 e. The van der Waals surface area contributed by atoms with Crippen LogP contribution in [-0.4, -0.2) is 24.2 Å². The number of hydrogen-bond donors (Lipinski definition) is 1. The Morgan fingerprint density at radius 3 is 2.88 bits per heavy atom. The highest BCUT2D eigenvalue weighted by Crippen LogP contribution is 2.16. The Morgan fingerprint density at radius 1 is 1.44 bits per heavy atom. The molecular formula is C10H15BrCl2N2O. The third-order valence-electron chi connectivity index (χ3n) is 2.29. The van der Waals surface area contributed by atoms with E-state index in [0.29, 0.717) is 6.04 Å². The van der Waals surface area contributed by atoms with E-state index < -0.39 is 0 Å². The van der Waals surface area contributed by atoms with Gasteiger partial charge in [0.05, 0.1) is 6.20 Å². The molecule has 0 saturated carbocycles. The predicted molar refractivity (Wildman–Crippen MR) is 73.0 cm³/mol. The fraction of sp³-hybridized carbons (Fsp3) is 0.500. The molecule has 1 aromatic rings. The number of aromatic nitrogens is 1. The summed E-state index contributed by atoms with van der Waals surface area (Å²) in [5, 5.41) is 3.38. The van der Waals surface area contributed by atoms with Crippen LogP contribution in [-0.2, 0) is 0 Å². The van der Waals surface area contributed by atoms with Crippen LogP contribution in [0.25, 0.3) is 0 Å². The van der Waals surface area contributed by atoms with Gasteiger partial charge in [0.25, 0.3) is 0 Å². The second-order valence-corrected chi connectivity index (χ2v) is 4.36. The maximum absolute atomic E-state index is 5.62. The van der Waals surface area contributed by atoms with Crippen molar-refractivity contribution >= 4 is 40.7 Å². The highest BCUT2D eigenvalue weighted by atomic mass is 79.9. The molecule has 1 N–H and O–H groups in total. The van der Waals surface area contributed by atoms with E-state index in [9.17, 15) is 0 Å². The molecule has 2 rings (SSSR count). The Hall–Kier alpha value is -0.0300. The van der Waals surface area contributed by atoms with Gasteiger partial charge in [0.2, 0.25) is 0 Å². The van der Waals surface area contributed by atoms with Crippen LogP contribution in [0.15, 0.2) is 22.9 Å². The monoisotopic (exact) mass is 328 g/mol. The Balaban J connectivity index is 0.00000112. The summed E-state index contributed by atoms with van der Waals surface area (Å²) in [6, 6.07) is 2.44. The number of pyridine rings is 1. The number of nitrogens with one attached hydrogen (secondary N) is 1. The number of rotatable bonds is 3. The zero-order valence-corrected chi connectivity index (χ0v) is 11.9. The van der Waals surface area contributed by atoms with Gasteiger partial charge in [-0.15, -0.1) is 24.8 Å². The Morgan fingerprint density at radius 2 is 2.25 bits per heavy atom. The van der Waals surface area contributed by atoms with Gasteiger partial charge in [-0.05, 0) is 41.4 Å². The van der Waals surface area contributed by atoms with Gasteiger partial charge >= 0.3 is 0 Å². The summed E-state index contributed by atoms with van der Waals surface area (Å²) in [7, 11) is 0. The molecule has 0 spiro atoms. The van der Waals surface area contributed by atoms with Crippen molar-refractivity contribution in [1.82, 2.24) is 10.3 Å². The Kier molecular flexibility index (Phi) is 8.10. The zero-order valence-electron chi connectivity index (χ0n) is 8.69. The van der Waals surface area contributed by atoms with Crippen molar-refractivity contribution < 1.29 is 4.74 Å². The van der Waals surface area contributed by atoms with Crippen molar-refractivity contribution in [2.45, 2.75) is 18.9 Å². The van der Waals surface area contributed by atoms with E-state index in [1.165, 1.54) is 12.8 Å². The van der Waals surface area contributed by atoms with Gasteiger partial charge in [-0.25, -0.2) is 0 Å². The van der Waals surface area contributed by atoms with Crippen LogP contribution in [0.2, 0.25) is 0 Å². The minimum absolute atomic E-state index is 0. The van der Waals surface area contributed by atoms with Crippen LogP contribution >= 0.6 is 40.7 Å². The van der Waals surface area contributed by atoms with Gasteiger partial charge in [-0.1, -0.05) is 0 Å². The minimum Gasteiger partial charge on any atom is -0.490 e. The second-order valence-electron chi connectivity index (χ2n) is 3.44. The first kappa shape index (κ1) is 16.0. The summed E-state index contributed by atoms with van der Waals surface area (Å²) in [5.41, 5.74) is 0. The van der Waals surface area contributed by atoms with Crippen molar-refractivity contribution in [2.24, 2.45) is 0 Å². The summed E-state index contributed by atoms with van der Waals surface area (Å²) in [6.07, 6.45) is 5.95. The molecule has 1 aliphatic rings. The summed E-state index contributed by atoms with van der Waals surface area (Å²) < 4.78 is 6.57. The average molecular weight is 330 g/mol. The summed E-state index contributed by atoms with van der Waals surface area (Å²) >= 11 is 3.36. The number of nitrogens with zero attached hydrogens (tertiary/aromatic N) is 1. The maximum atomic E-state index is 5.62. The molecule has 1 aliphatic heterocycles. The molecule has 0 bridgehead atoms. The van der Waals surface area contributed by atoms with E-state index in [1.807, 2.05) is 6.07 Å². The normalized spacial score (nSPS) is 18.4. The molecule has 1 fully saturated rings. The van der Waals surface area contributed by atoms with Crippen LogP contribution in [0, 0.1) is 0 Å². The lowest BCUT2D eigenvalue weighted by Crippen LogP contribution is -2.28. The molecule has 0 unspecified atom stereocenters. The second kappa shape index (κ2) is 8.12. The molecule has 2 heterocycles. The number of hydrogen-bond acceptors (Lipinski definition) is 3. The van der Waals surface area contributed by atoms with E-state index in [1.54, 1.807) is 12.4 Å². The molecular weight excluding hydrogens is 315 g/mol. The van der Waals surface area contributed by atoms with Crippen LogP contribution in [0.4, 0.5) is 0 Å². The molecule has 0 amide bonds. The van der Waals surface area contributed by atoms with Gasteiger partial charge in [0, 0.05) is 16.7 Å². The van der Waals surface area contributed by atoms with Crippen molar-refractivity contribution in [3.05, 3.63) is 22.9 Å². The lowest BCUT2D eigenvalue weighted by molar-refractivity contribution is 0.276. The SMILES string of the molecule is Brc1cncc(OC[C@@H]2CCCN2)c1.Cl.Cl. The van der Waals surface area contributed by atoms with E-state index >= 15 is 0 Å². The molecule has 1 saturated heterocycles. The van der Waals surface area contributed by atoms with Crippen LogP contribution in [0.1, 0.15) is 12.8 Å². The van der Waals surface area contributed by atoms with Gasteiger partial charge in [0.15, 0.2) is 0 Å². The largest absolute Gasteiger partial charge is 0.490 e. The van der Waals surface area contributed by atoms with E-state index in [0.717, 1.165) is 23.4 Å². The van der Waals surface area contributed by atoms with Crippen LogP contribution in [0.5, 0.6) is 5.75 Å². The van der Waals surface area contributed by atoms with Gasteiger partial charge in [-0.2, -0.15) is 0 Å².